The number of rotatable bonds is 8. The van der Waals surface area contributed by atoms with Crippen molar-refractivity contribution in [2.24, 2.45) is 0 Å². The Labute approximate surface area is 220 Å². The summed E-state index contributed by atoms with van der Waals surface area (Å²) in [5, 5.41) is 20.2. The van der Waals surface area contributed by atoms with Crippen LogP contribution in [-0.2, 0) is 24.4 Å². The Bertz CT molecular complexity index is 1510. The summed E-state index contributed by atoms with van der Waals surface area (Å²) in [6.45, 7) is 3.66. The molecule has 4 aromatic rings. The van der Waals surface area contributed by atoms with Crippen LogP contribution in [0.2, 0.25) is 0 Å². The van der Waals surface area contributed by atoms with Crippen LogP contribution in [0, 0.1) is 24.1 Å². The van der Waals surface area contributed by atoms with Gasteiger partial charge in [0.15, 0.2) is 0 Å². The van der Waals surface area contributed by atoms with Gasteiger partial charge in [0.05, 0.1) is 17.2 Å². The van der Waals surface area contributed by atoms with E-state index in [0.29, 0.717) is 30.8 Å². The maximum absolute atomic E-state index is 14.1. The standard InChI is InChI=1S/C31H26FN3O3/c1-20-26(10-11-27-28(20)19-38-31(27)37)30(36)18-35(17-22-3-2-12-34-15-22)16-21-4-6-23(7-5-21)24-8-9-25(14-33)29(32)13-24/h2-13,15,30,36H,16-19H2,1H3. The highest BCUT2D eigenvalue weighted by Crippen LogP contribution is 2.30. The first-order valence-corrected chi connectivity index (χ1v) is 12.3. The normalized spacial score (nSPS) is 13.2. The van der Waals surface area contributed by atoms with Gasteiger partial charge in [-0.15, -0.1) is 0 Å². The van der Waals surface area contributed by atoms with Crippen LogP contribution in [0.4, 0.5) is 4.39 Å². The molecule has 3 aromatic carbocycles. The second-order valence-corrected chi connectivity index (χ2v) is 9.43. The van der Waals surface area contributed by atoms with Crippen molar-refractivity contribution in [3.8, 4) is 17.2 Å². The van der Waals surface area contributed by atoms with Crippen LogP contribution in [0.3, 0.4) is 0 Å². The number of carbonyl (C=O) groups excluding carboxylic acids is 1. The first-order valence-electron chi connectivity index (χ1n) is 12.3. The fourth-order valence-corrected chi connectivity index (χ4v) is 4.85. The lowest BCUT2D eigenvalue weighted by Gasteiger charge is -2.26. The molecule has 0 bridgehead atoms. The summed E-state index contributed by atoms with van der Waals surface area (Å²) >= 11 is 0. The molecule has 0 saturated carbocycles. The van der Waals surface area contributed by atoms with Gasteiger partial charge in [0.1, 0.15) is 18.5 Å². The van der Waals surface area contributed by atoms with E-state index in [4.69, 9.17) is 10.00 Å². The number of carbonyl (C=O) groups is 1. The minimum atomic E-state index is -0.770. The number of benzene rings is 3. The molecule has 0 aliphatic carbocycles. The number of pyridine rings is 1. The number of aliphatic hydroxyl groups is 1. The highest BCUT2D eigenvalue weighted by molar-refractivity contribution is 5.94. The molecule has 1 N–H and O–H groups in total. The number of ether oxygens (including phenoxy) is 1. The Kier molecular flexibility index (Phi) is 7.27. The molecule has 190 valence electrons. The molecule has 1 atom stereocenters. The number of nitriles is 1. The van der Waals surface area contributed by atoms with E-state index in [2.05, 4.69) is 9.88 Å². The zero-order valence-corrected chi connectivity index (χ0v) is 20.9. The highest BCUT2D eigenvalue weighted by Gasteiger charge is 2.26. The number of hydrogen-bond donors (Lipinski definition) is 1. The molecule has 5 rings (SSSR count). The average Bonchev–Trinajstić information content (AvgIpc) is 3.31. The summed E-state index contributed by atoms with van der Waals surface area (Å²) in [6.07, 6.45) is 2.77. The molecule has 1 aliphatic rings. The van der Waals surface area contributed by atoms with Crippen molar-refractivity contribution in [3.05, 3.63) is 124 Å². The molecule has 6 nitrogen and oxygen atoms in total. The van der Waals surface area contributed by atoms with Crippen molar-refractivity contribution in [1.82, 2.24) is 9.88 Å². The lowest BCUT2D eigenvalue weighted by molar-refractivity contribution is 0.0535. The number of nitrogens with zero attached hydrogens (tertiary/aromatic N) is 3. The Balaban J connectivity index is 1.36. The summed E-state index contributed by atoms with van der Waals surface area (Å²) in [6, 6.07) is 21.7. The number of esters is 1. The Hall–Kier alpha value is -4.38. The van der Waals surface area contributed by atoms with Gasteiger partial charge >= 0.3 is 5.97 Å². The van der Waals surface area contributed by atoms with E-state index in [1.807, 2.05) is 55.6 Å². The number of fused-ring (bicyclic) bond motifs is 1. The van der Waals surface area contributed by atoms with E-state index >= 15 is 0 Å². The minimum absolute atomic E-state index is 0.0210. The Morgan fingerprint density at radius 2 is 1.84 bits per heavy atom. The van der Waals surface area contributed by atoms with Gasteiger partial charge in [-0.1, -0.05) is 42.5 Å². The van der Waals surface area contributed by atoms with Crippen LogP contribution in [0.25, 0.3) is 11.1 Å². The van der Waals surface area contributed by atoms with Crippen LogP contribution in [0.5, 0.6) is 0 Å². The van der Waals surface area contributed by atoms with E-state index < -0.39 is 11.9 Å². The topological polar surface area (TPSA) is 86.4 Å². The van der Waals surface area contributed by atoms with Crippen LogP contribution < -0.4 is 0 Å². The molecule has 38 heavy (non-hydrogen) atoms. The lowest BCUT2D eigenvalue weighted by Crippen LogP contribution is -2.28. The monoisotopic (exact) mass is 507 g/mol. The first kappa shape index (κ1) is 25.3. The van der Waals surface area contributed by atoms with Crippen LogP contribution in [-0.4, -0.2) is 27.5 Å². The van der Waals surface area contributed by atoms with E-state index in [0.717, 1.165) is 33.4 Å². The first-order chi connectivity index (χ1) is 18.4. The van der Waals surface area contributed by atoms with Crippen LogP contribution in [0.1, 0.15) is 49.8 Å². The average molecular weight is 508 g/mol. The van der Waals surface area contributed by atoms with Gasteiger partial charge in [-0.05, 0) is 64.6 Å². The molecule has 1 aliphatic heterocycles. The van der Waals surface area contributed by atoms with Gasteiger partial charge in [-0.2, -0.15) is 5.26 Å². The number of hydrogen-bond acceptors (Lipinski definition) is 6. The minimum Gasteiger partial charge on any atom is -0.457 e. The van der Waals surface area contributed by atoms with Gasteiger partial charge in [-0.3, -0.25) is 9.88 Å². The molecule has 0 amide bonds. The number of halogens is 1. The smallest absolute Gasteiger partial charge is 0.338 e. The molecule has 1 unspecified atom stereocenters. The third kappa shape index (κ3) is 5.32. The van der Waals surface area contributed by atoms with Gasteiger partial charge in [0.25, 0.3) is 0 Å². The summed E-state index contributed by atoms with van der Waals surface area (Å²) < 4.78 is 19.3. The van der Waals surface area contributed by atoms with Gasteiger partial charge < -0.3 is 9.84 Å². The van der Waals surface area contributed by atoms with Crippen molar-refractivity contribution in [2.75, 3.05) is 6.54 Å². The SMILES string of the molecule is Cc1c(C(O)CN(Cc2ccc(-c3ccc(C#N)c(F)c3)cc2)Cc2cccnc2)ccc2c1COC2=O. The number of aliphatic hydroxyl groups excluding tert-OH is 1. The van der Waals surface area contributed by atoms with E-state index in [1.54, 1.807) is 24.4 Å². The predicted octanol–water partition coefficient (Wildman–Crippen LogP) is 5.47. The predicted molar refractivity (Wildman–Crippen MR) is 140 cm³/mol. The molecule has 0 fully saturated rings. The van der Waals surface area contributed by atoms with Crippen molar-refractivity contribution in [2.45, 2.75) is 32.7 Å². The maximum atomic E-state index is 14.1. The molecule has 0 saturated heterocycles. The third-order valence-corrected chi connectivity index (χ3v) is 6.91. The number of aromatic nitrogens is 1. The van der Waals surface area contributed by atoms with Gasteiger partial charge in [0.2, 0.25) is 0 Å². The second kappa shape index (κ2) is 10.9. The summed E-state index contributed by atoms with van der Waals surface area (Å²) in [7, 11) is 0. The molecular formula is C31H26FN3O3. The Morgan fingerprint density at radius 1 is 1.08 bits per heavy atom. The van der Waals surface area contributed by atoms with E-state index in [9.17, 15) is 14.3 Å². The Morgan fingerprint density at radius 3 is 2.55 bits per heavy atom. The zero-order chi connectivity index (χ0) is 26.6. The van der Waals surface area contributed by atoms with Crippen molar-refractivity contribution in [1.29, 1.82) is 5.26 Å². The lowest BCUT2D eigenvalue weighted by atomic mass is 9.95. The molecular weight excluding hydrogens is 481 g/mol. The molecule has 0 radical (unpaired) electrons. The third-order valence-electron chi connectivity index (χ3n) is 6.91. The van der Waals surface area contributed by atoms with Gasteiger partial charge in [0, 0.05) is 37.6 Å². The molecule has 1 aromatic heterocycles. The quantitative estimate of drug-likeness (QED) is 0.318. The highest BCUT2D eigenvalue weighted by atomic mass is 19.1. The van der Waals surface area contributed by atoms with Crippen LogP contribution in [0.15, 0.2) is 79.1 Å². The fraction of sp³-hybridized carbons (Fsp3) is 0.194. The van der Waals surface area contributed by atoms with E-state index in [-0.39, 0.29) is 18.1 Å². The summed E-state index contributed by atoms with van der Waals surface area (Å²) in [5.41, 5.74) is 6.67. The largest absolute Gasteiger partial charge is 0.457 e. The van der Waals surface area contributed by atoms with Crippen molar-refractivity contribution in [3.63, 3.8) is 0 Å². The fourth-order valence-electron chi connectivity index (χ4n) is 4.85. The summed E-state index contributed by atoms with van der Waals surface area (Å²) in [4.78, 5) is 18.3. The maximum Gasteiger partial charge on any atom is 0.338 e. The second-order valence-electron chi connectivity index (χ2n) is 9.43. The molecule has 0 spiro atoms. The van der Waals surface area contributed by atoms with E-state index in [1.165, 1.54) is 12.1 Å². The van der Waals surface area contributed by atoms with Crippen molar-refractivity contribution >= 4 is 5.97 Å². The number of cyclic esters (lactones) is 1. The van der Waals surface area contributed by atoms with Crippen LogP contribution >= 0.6 is 0 Å². The molecule has 2 heterocycles. The van der Waals surface area contributed by atoms with Crippen molar-refractivity contribution < 1.29 is 19.0 Å². The van der Waals surface area contributed by atoms with Gasteiger partial charge in [-0.25, -0.2) is 9.18 Å². The zero-order valence-electron chi connectivity index (χ0n) is 20.9. The summed E-state index contributed by atoms with van der Waals surface area (Å²) in [5.74, 6) is -0.863. The molecule has 7 heteroatoms.